The smallest absolute Gasteiger partial charge is 0.246 e. The molecule has 1 aliphatic rings. The van der Waals surface area contributed by atoms with Crippen molar-refractivity contribution in [2.24, 2.45) is 0 Å². The molecule has 1 amide bonds. The summed E-state index contributed by atoms with van der Waals surface area (Å²) in [6, 6.07) is 11.4. The Morgan fingerprint density at radius 2 is 1.76 bits per heavy atom. The zero-order valence-electron chi connectivity index (χ0n) is 20.5. The fourth-order valence-electron chi connectivity index (χ4n) is 4.07. The Morgan fingerprint density at radius 1 is 1.09 bits per heavy atom. The molecule has 180 valence electrons. The molecule has 1 heterocycles. The molecule has 0 atom stereocenters. The van der Waals surface area contributed by atoms with E-state index >= 15 is 0 Å². The van der Waals surface area contributed by atoms with Gasteiger partial charge in [-0.2, -0.15) is 4.31 Å². The standard InChI is InChI=1S/C25H35N3O4S/c1-18(2)21-10-11-23(32-6)24(16-21)33(30,31)26(5)17-25(29)28-14-12-27(13-15-28)22-9-7-8-19(3)20(22)4/h7-11,16,18H,12-15,17H2,1-6H3. The topological polar surface area (TPSA) is 70.2 Å². The third-order valence-electron chi connectivity index (χ3n) is 6.45. The number of ether oxygens (including phenoxy) is 1. The Morgan fingerprint density at radius 3 is 2.36 bits per heavy atom. The first kappa shape index (κ1) is 25.1. The number of hydrogen-bond donors (Lipinski definition) is 0. The van der Waals surface area contributed by atoms with Gasteiger partial charge in [0.2, 0.25) is 15.9 Å². The van der Waals surface area contributed by atoms with Gasteiger partial charge in [-0.15, -0.1) is 0 Å². The molecule has 0 aliphatic carbocycles. The summed E-state index contributed by atoms with van der Waals surface area (Å²) in [5.74, 6) is 0.256. The highest BCUT2D eigenvalue weighted by Crippen LogP contribution is 2.30. The predicted molar refractivity (Wildman–Crippen MR) is 132 cm³/mol. The van der Waals surface area contributed by atoms with E-state index < -0.39 is 10.0 Å². The number of carbonyl (C=O) groups excluding carboxylic acids is 1. The van der Waals surface area contributed by atoms with Gasteiger partial charge in [0.1, 0.15) is 10.6 Å². The number of methoxy groups -OCH3 is 1. The number of anilines is 1. The Balaban J connectivity index is 1.68. The van der Waals surface area contributed by atoms with Gasteiger partial charge in [0.15, 0.2) is 0 Å². The average Bonchev–Trinajstić information content (AvgIpc) is 2.80. The van der Waals surface area contributed by atoms with Crippen LogP contribution in [0.5, 0.6) is 5.75 Å². The molecule has 0 aromatic heterocycles. The average molecular weight is 474 g/mol. The molecule has 0 radical (unpaired) electrons. The summed E-state index contributed by atoms with van der Waals surface area (Å²) < 4.78 is 33.0. The third kappa shape index (κ3) is 5.33. The Labute approximate surface area is 198 Å². The maximum Gasteiger partial charge on any atom is 0.246 e. The summed E-state index contributed by atoms with van der Waals surface area (Å²) in [6.07, 6.45) is 0. The van der Waals surface area contributed by atoms with E-state index in [1.54, 1.807) is 17.0 Å². The van der Waals surface area contributed by atoms with Gasteiger partial charge in [-0.25, -0.2) is 8.42 Å². The van der Waals surface area contributed by atoms with Crippen molar-refractivity contribution in [3.05, 3.63) is 53.1 Å². The lowest BCUT2D eigenvalue weighted by Crippen LogP contribution is -2.51. The Kier molecular flexibility index (Phi) is 7.69. The minimum Gasteiger partial charge on any atom is -0.495 e. The van der Waals surface area contributed by atoms with Crippen LogP contribution in [0.15, 0.2) is 41.3 Å². The van der Waals surface area contributed by atoms with Crippen molar-refractivity contribution in [1.29, 1.82) is 0 Å². The lowest BCUT2D eigenvalue weighted by Gasteiger charge is -2.37. The van der Waals surface area contributed by atoms with Gasteiger partial charge in [-0.05, 0) is 54.7 Å². The van der Waals surface area contributed by atoms with Gasteiger partial charge in [0, 0.05) is 38.9 Å². The number of piperazine rings is 1. The molecule has 3 rings (SSSR count). The van der Waals surface area contributed by atoms with Crippen molar-refractivity contribution in [2.75, 3.05) is 51.8 Å². The summed E-state index contributed by atoms with van der Waals surface area (Å²) in [7, 11) is -0.991. The van der Waals surface area contributed by atoms with Crippen LogP contribution in [0.4, 0.5) is 5.69 Å². The zero-order valence-corrected chi connectivity index (χ0v) is 21.3. The van der Waals surface area contributed by atoms with Gasteiger partial charge >= 0.3 is 0 Å². The van der Waals surface area contributed by atoms with Crippen LogP contribution in [0.3, 0.4) is 0 Å². The molecule has 1 aliphatic heterocycles. The second kappa shape index (κ2) is 10.1. The largest absolute Gasteiger partial charge is 0.495 e. The SMILES string of the molecule is COc1ccc(C(C)C)cc1S(=O)(=O)N(C)CC(=O)N1CCN(c2cccc(C)c2C)CC1. The molecular weight excluding hydrogens is 438 g/mol. The molecule has 7 nitrogen and oxygen atoms in total. The quantitative estimate of drug-likeness (QED) is 0.616. The molecule has 1 saturated heterocycles. The normalized spacial score (nSPS) is 14.8. The molecular formula is C25H35N3O4S. The fourth-order valence-corrected chi connectivity index (χ4v) is 5.38. The minimum atomic E-state index is -3.89. The van der Waals surface area contributed by atoms with Crippen LogP contribution in [-0.2, 0) is 14.8 Å². The van der Waals surface area contributed by atoms with Crippen molar-refractivity contribution in [2.45, 2.75) is 38.5 Å². The highest BCUT2D eigenvalue weighted by molar-refractivity contribution is 7.89. The molecule has 0 spiro atoms. The number of amides is 1. The van der Waals surface area contributed by atoms with Crippen molar-refractivity contribution in [3.63, 3.8) is 0 Å². The van der Waals surface area contributed by atoms with Crippen LogP contribution in [0.1, 0.15) is 36.5 Å². The number of rotatable bonds is 7. The molecule has 0 saturated carbocycles. The third-order valence-corrected chi connectivity index (χ3v) is 8.27. The number of sulfonamides is 1. The maximum absolute atomic E-state index is 13.3. The first-order valence-corrected chi connectivity index (χ1v) is 12.7. The van der Waals surface area contributed by atoms with E-state index in [1.165, 1.54) is 31.0 Å². The van der Waals surface area contributed by atoms with Gasteiger partial charge in [0.25, 0.3) is 0 Å². The fraction of sp³-hybridized carbons (Fsp3) is 0.480. The van der Waals surface area contributed by atoms with Crippen molar-refractivity contribution >= 4 is 21.6 Å². The summed E-state index contributed by atoms with van der Waals surface area (Å²) in [5.41, 5.74) is 4.59. The number of nitrogens with zero attached hydrogens (tertiary/aromatic N) is 3. The molecule has 0 bridgehead atoms. The zero-order chi connectivity index (χ0) is 24.3. The molecule has 0 unspecified atom stereocenters. The summed E-state index contributed by atoms with van der Waals surface area (Å²) in [6.45, 7) is 10.6. The summed E-state index contributed by atoms with van der Waals surface area (Å²) in [4.78, 5) is 17.1. The van der Waals surface area contributed by atoms with E-state index in [4.69, 9.17) is 4.74 Å². The minimum absolute atomic E-state index is 0.0891. The van der Waals surface area contributed by atoms with Crippen molar-refractivity contribution in [3.8, 4) is 5.75 Å². The maximum atomic E-state index is 13.3. The van der Waals surface area contributed by atoms with Crippen molar-refractivity contribution in [1.82, 2.24) is 9.21 Å². The Hall–Kier alpha value is -2.58. The van der Waals surface area contributed by atoms with Crippen LogP contribution in [0, 0.1) is 13.8 Å². The van der Waals surface area contributed by atoms with Crippen LogP contribution >= 0.6 is 0 Å². The lowest BCUT2D eigenvalue weighted by atomic mass is 10.0. The first-order valence-electron chi connectivity index (χ1n) is 11.3. The van der Waals surface area contributed by atoms with Crippen LogP contribution in [-0.4, -0.2) is 70.4 Å². The highest BCUT2D eigenvalue weighted by Gasteiger charge is 2.30. The molecule has 8 heteroatoms. The van der Waals surface area contributed by atoms with E-state index in [9.17, 15) is 13.2 Å². The monoisotopic (exact) mass is 473 g/mol. The predicted octanol–water partition coefficient (Wildman–Crippen LogP) is 3.40. The van der Waals surface area contributed by atoms with E-state index in [2.05, 4.69) is 36.9 Å². The van der Waals surface area contributed by atoms with Crippen LogP contribution < -0.4 is 9.64 Å². The van der Waals surface area contributed by atoms with Crippen LogP contribution in [0.25, 0.3) is 0 Å². The first-order chi connectivity index (χ1) is 15.6. The number of hydrogen-bond acceptors (Lipinski definition) is 5. The number of likely N-dealkylation sites (N-methyl/N-ethyl adjacent to an activating group) is 1. The molecule has 2 aromatic carbocycles. The van der Waals surface area contributed by atoms with E-state index in [-0.39, 0.29) is 29.0 Å². The van der Waals surface area contributed by atoms with Gasteiger partial charge in [-0.3, -0.25) is 4.79 Å². The Bertz CT molecular complexity index is 1110. The van der Waals surface area contributed by atoms with Gasteiger partial charge < -0.3 is 14.5 Å². The summed E-state index contributed by atoms with van der Waals surface area (Å²) in [5, 5.41) is 0. The number of carbonyl (C=O) groups is 1. The number of aryl methyl sites for hydroxylation is 1. The van der Waals surface area contributed by atoms with Gasteiger partial charge in [0.05, 0.1) is 13.7 Å². The molecule has 2 aromatic rings. The van der Waals surface area contributed by atoms with E-state index in [1.807, 2.05) is 19.9 Å². The van der Waals surface area contributed by atoms with E-state index in [0.29, 0.717) is 13.1 Å². The second-order valence-electron chi connectivity index (χ2n) is 8.91. The highest BCUT2D eigenvalue weighted by atomic mass is 32.2. The molecule has 0 N–H and O–H groups in total. The second-order valence-corrected chi connectivity index (χ2v) is 10.9. The van der Waals surface area contributed by atoms with E-state index in [0.717, 1.165) is 23.0 Å². The van der Waals surface area contributed by atoms with Gasteiger partial charge in [-0.1, -0.05) is 32.0 Å². The van der Waals surface area contributed by atoms with Crippen molar-refractivity contribution < 1.29 is 17.9 Å². The molecule has 1 fully saturated rings. The molecule has 33 heavy (non-hydrogen) atoms. The van der Waals surface area contributed by atoms with Crippen LogP contribution in [0.2, 0.25) is 0 Å². The lowest BCUT2D eigenvalue weighted by molar-refractivity contribution is -0.131. The summed E-state index contributed by atoms with van der Waals surface area (Å²) >= 11 is 0. The number of benzene rings is 2.